The van der Waals surface area contributed by atoms with Gasteiger partial charge < -0.3 is 19.9 Å². The average molecular weight is 281 g/mol. The standard InChI is InChI=1S/C15H23NO4/c1-9(2)14(15(17)18)16-8-11-7-13(20-5)12(19-4)6-10(11)3/h6-7,9,14,16H,8H2,1-5H3,(H,17,18). The number of methoxy groups -OCH3 is 2. The predicted octanol–water partition coefficient (Wildman–Crippen LogP) is 2.21. The molecule has 0 fully saturated rings. The minimum absolute atomic E-state index is 0.0213. The van der Waals surface area contributed by atoms with Crippen LogP contribution < -0.4 is 14.8 Å². The van der Waals surface area contributed by atoms with Gasteiger partial charge >= 0.3 is 5.97 Å². The van der Waals surface area contributed by atoms with Crippen LogP contribution in [0.15, 0.2) is 12.1 Å². The molecule has 0 bridgehead atoms. The van der Waals surface area contributed by atoms with Crippen molar-refractivity contribution in [1.82, 2.24) is 5.32 Å². The summed E-state index contributed by atoms with van der Waals surface area (Å²) in [4.78, 5) is 11.2. The summed E-state index contributed by atoms with van der Waals surface area (Å²) in [6, 6.07) is 3.20. The highest BCUT2D eigenvalue weighted by atomic mass is 16.5. The predicted molar refractivity (Wildman–Crippen MR) is 77.4 cm³/mol. The van der Waals surface area contributed by atoms with Crippen LogP contribution in [0.2, 0.25) is 0 Å². The van der Waals surface area contributed by atoms with Crippen molar-refractivity contribution in [2.75, 3.05) is 14.2 Å². The third-order valence-electron chi connectivity index (χ3n) is 3.29. The number of benzene rings is 1. The van der Waals surface area contributed by atoms with Gasteiger partial charge in [-0.3, -0.25) is 4.79 Å². The molecular formula is C15H23NO4. The fraction of sp³-hybridized carbons (Fsp3) is 0.533. The molecule has 5 heteroatoms. The Kier molecular flexibility index (Phi) is 5.82. The third-order valence-corrected chi connectivity index (χ3v) is 3.29. The molecule has 112 valence electrons. The largest absolute Gasteiger partial charge is 0.493 e. The van der Waals surface area contributed by atoms with Crippen LogP contribution in [0, 0.1) is 12.8 Å². The van der Waals surface area contributed by atoms with Crippen molar-refractivity contribution in [2.45, 2.75) is 33.4 Å². The number of rotatable bonds is 7. The van der Waals surface area contributed by atoms with Crippen LogP contribution in [-0.4, -0.2) is 31.3 Å². The van der Waals surface area contributed by atoms with E-state index in [1.54, 1.807) is 14.2 Å². The average Bonchev–Trinajstić information content (AvgIpc) is 2.39. The molecule has 1 rings (SSSR count). The molecule has 20 heavy (non-hydrogen) atoms. The maximum atomic E-state index is 11.2. The Labute approximate surface area is 119 Å². The second kappa shape index (κ2) is 7.14. The van der Waals surface area contributed by atoms with E-state index in [1.807, 2.05) is 32.9 Å². The lowest BCUT2D eigenvalue weighted by Crippen LogP contribution is -2.40. The monoisotopic (exact) mass is 281 g/mol. The molecule has 0 amide bonds. The zero-order chi connectivity index (χ0) is 15.3. The van der Waals surface area contributed by atoms with E-state index in [1.165, 1.54) is 0 Å². The Balaban J connectivity index is 2.90. The van der Waals surface area contributed by atoms with Gasteiger partial charge in [-0.2, -0.15) is 0 Å². The van der Waals surface area contributed by atoms with E-state index < -0.39 is 12.0 Å². The van der Waals surface area contributed by atoms with Crippen molar-refractivity contribution in [1.29, 1.82) is 0 Å². The minimum Gasteiger partial charge on any atom is -0.493 e. The Morgan fingerprint density at radius 1 is 1.25 bits per heavy atom. The lowest BCUT2D eigenvalue weighted by molar-refractivity contribution is -0.140. The number of nitrogens with one attached hydrogen (secondary N) is 1. The summed E-state index contributed by atoms with van der Waals surface area (Å²) in [7, 11) is 3.17. The van der Waals surface area contributed by atoms with E-state index in [0.717, 1.165) is 11.1 Å². The molecule has 0 radical (unpaired) electrons. The number of aliphatic carboxylic acids is 1. The highest BCUT2D eigenvalue weighted by molar-refractivity contribution is 5.73. The van der Waals surface area contributed by atoms with Gasteiger partial charge in [-0.05, 0) is 36.1 Å². The van der Waals surface area contributed by atoms with Crippen LogP contribution in [0.25, 0.3) is 0 Å². The molecule has 0 aromatic heterocycles. The van der Waals surface area contributed by atoms with Gasteiger partial charge in [0.15, 0.2) is 11.5 Å². The molecule has 0 aliphatic rings. The molecule has 1 aromatic rings. The zero-order valence-electron chi connectivity index (χ0n) is 12.7. The summed E-state index contributed by atoms with van der Waals surface area (Å²) in [5, 5.41) is 12.2. The van der Waals surface area contributed by atoms with Crippen LogP contribution in [0.3, 0.4) is 0 Å². The van der Waals surface area contributed by atoms with E-state index in [-0.39, 0.29) is 5.92 Å². The van der Waals surface area contributed by atoms with Gasteiger partial charge in [-0.25, -0.2) is 0 Å². The Morgan fingerprint density at radius 3 is 2.25 bits per heavy atom. The highest BCUT2D eigenvalue weighted by Gasteiger charge is 2.21. The van der Waals surface area contributed by atoms with Crippen molar-refractivity contribution in [3.05, 3.63) is 23.3 Å². The van der Waals surface area contributed by atoms with Crippen LogP contribution in [0.1, 0.15) is 25.0 Å². The SMILES string of the molecule is COc1cc(C)c(CNC(C(=O)O)C(C)C)cc1OC. The van der Waals surface area contributed by atoms with E-state index >= 15 is 0 Å². The topological polar surface area (TPSA) is 67.8 Å². The maximum absolute atomic E-state index is 11.2. The van der Waals surface area contributed by atoms with Crippen molar-refractivity contribution in [2.24, 2.45) is 5.92 Å². The minimum atomic E-state index is -0.835. The number of ether oxygens (including phenoxy) is 2. The van der Waals surface area contributed by atoms with Gasteiger partial charge in [0.2, 0.25) is 0 Å². The summed E-state index contributed by atoms with van der Waals surface area (Å²) < 4.78 is 10.5. The normalized spacial score (nSPS) is 12.3. The van der Waals surface area contributed by atoms with Crippen LogP contribution in [0.5, 0.6) is 11.5 Å². The van der Waals surface area contributed by atoms with E-state index in [4.69, 9.17) is 14.6 Å². The van der Waals surface area contributed by atoms with Gasteiger partial charge in [-0.1, -0.05) is 13.8 Å². The van der Waals surface area contributed by atoms with Crippen molar-refractivity contribution in [3.63, 3.8) is 0 Å². The van der Waals surface area contributed by atoms with Crippen LogP contribution in [-0.2, 0) is 11.3 Å². The van der Waals surface area contributed by atoms with Gasteiger partial charge in [0.25, 0.3) is 0 Å². The molecule has 0 aliphatic heterocycles. The second-order valence-electron chi connectivity index (χ2n) is 5.07. The van der Waals surface area contributed by atoms with Gasteiger partial charge in [-0.15, -0.1) is 0 Å². The van der Waals surface area contributed by atoms with E-state index in [2.05, 4.69) is 5.32 Å². The van der Waals surface area contributed by atoms with Crippen LogP contribution in [0.4, 0.5) is 0 Å². The molecule has 1 atom stereocenters. The maximum Gasteiger partial charge on any atom is 0.320 e. The lowest BCUT2D eigenvalue weighted by atomic mass is 10.0. The number of aryl methyl sites for hydroxylation is 1. The molecule has 1 aromatic carbocycles. The molecule has 5 nitrogen and oxygen atoms in total. The third kappa shape index (κ3) is 3.87. The van der Waals surface area contributed by atoms with E-state index in [0.29, 0.717) is 18.0 Å². The highest BCUT2D eigenvalue weighted by Crippen LogP contribution is 2.30. The van der Waals surface area contributed by atoms with Crippen molar-refractivity contribution in [3.8, 4) is 11.5 Å². The van der Waals surface area contributed by atoms with Crippen molar-refractivity contribution >= 4 is 5.97 Å². The molecule has 0 saturated heterocycles. The molecule has 0 aliphatic carbocycles. The summed E-state index contributed by atoms with van der Waals surface area (Å²) >= 11 is 0. The first kappa shape index (κ1) is 16.3. The zero-order valence-corrected chi connectivity index (χ0v) is 12.7. The fourth-order valence-corrected chi connectivity index (χ4v) is 2.04. The Morgan fingerprint density at radius 2 is 1.80 bits per heavy atom. The number of hydrogen-bond acceptors (Lipinski definition) is 4. The summed E-state index contributed by atoms with van der Waals surface area (Å²) in [6.07, 6.45) is 0. The van der Waals surface area contributed by atoms with Crippen molar-refractivity contribution < 1.29 is 19.4 Å². The molecule has 2 N–H and O–H groups in total. The first-order valence-corrected chi connectivity index (χ1v) is 6.58. The number of carboxylic acid groups (broad SMARTS) is 1. The van der Waals surface area contributed by atoms with E-state index in [9.17, 15) is 4.79 Å². The Hall–Kier alpha value is -1.75. The summed E-state index contributed by atoms with van der Waals surface area (Å²) in [5.41, 5.74) is 2.03. The van der Waals surface area contributed by atoms with Gasteiger partial charge in [0.05, 0.1) is 14.2 Å². The number of hydrogen-bond donors (Lipinski definition) is 2. The molecule has 0 saturated carbocycles. The first-order chi connectivity index (χ1) is 9.40. The fourth-order valence-electron chi connectivity index (χ4n) is 2.04. The first-order valence-electron chi connectivity index (χ1n) is 6.58. The van der Waals surface area contributed by atoms with Gasteiger partial charge in [0.1, 0.15) is 6.04 Å². The summed E-state index contributed by atoms with van der Waals surface area (Å²) in [6.45, 7) is 6.20. The molecule has 0 heterocycles. The quantitative estimate of drug-likeness (QED) is 0.802. The number of carbonyl (C=O) groups is 1. The molecular weight excluding hydrogens is 258 g/mol. The molecule has 0 spiro atoms. The van der Waals surface area contributed by atoms with Crippen LogP contribution >= 0.6 is 0 Å². The number of carboxylic acids is 1. The lowest BCUT2D eigenvalue weighted by Gasteiger charge is -2.19. The second-order valence-corrected chi connectivity index (χ2v) is 5.07. The van der Waals surface area contributed by atoms with Gasteiger partial charge in [0, 0.05) is 6.54 Å². The molecule has 1 unspecified atom stereocenters. The smallest absolute Gasteiger partial charge is 0.320 e. The Bertz CT molecular complexity index is 471. The summed E-state index contributed by atoms with van der Waals surface area (Å²) in [5.74, 6) is 0.504.